The molecule has 4 heterocycles. The van der Waals surface area contributed by atoms with Crippen LogP contribution in [0.3, 0.4) is 0 Å². The molecule has 300 valence electrons. The first-order valence-electron chi connectivity index (χ1n) is 19.6. The van der Waals surface area contributed by atoms with Gasteiger partial charge in [0.1, 0.15) is 0 Å². The van der Waals surface area contributed by atoms with E-state index < -0.39 is 28.8 Å². The highest BCUT2D eigenvalue weighted by atomic mass is 35.5. The quantitative estimate of drug-likeness (QED) is 0.160. The van der Waals surface area contributed by atoms with Gasteiger partial charge in [-0.05, 0) is 65.2 Å². The minimum Gasteiger partial charge on any atom is -0.423 e. The predicted octanol–water partition coefficient (Wildman–Crippen LogP) is 11.7. The van der Waals surface area contributed by atoms with Gasteiger partial charge < -0.3 is 19.2 Å². The number of nitrogens with zero attached hydrogens (tertiary/aromatic N) is 4. The standard InChI is InChI=1S/C48H36Cl4N4O4/c1-30(31-14-6-2-7-15-31)56-28-46(41(37-24-22-35(49)26-39(37)51)43(53-58-46)32-16-8-3-9-17-32)48(57-45(55-60-48)34-20-12-5-13-21-34)47(29-56)42(38-25-23-36(50)27-40(38)52)44(54-59-47)33-18-10-4-11-19-33/h2-27,30,41-42H,28-29H2,1H3/t30-,41-,42-,46-,47+,48?/m1/s1. The Balaban J connectivity index is 1.29. The lowest BCUT2D eigenvalue weighted by atomic mass is 9.60. The fourth-order valence-electron chi connectivity index (χ4n) is 9.32. The van der Waals surface area contributed by atoms with Gasteiger partial charge in [-0.25, -0.2) is 0 Å². The Bertz CT molecular complexity index is 2540. The molecule has 0 N–H and O–H groups in total. The van der Waals surface area contributed by atoms with E-state index in [0.29, 0.717) is 48.2 Å². The van der Waals surface area contributed by atoms with Crippen molar-refractivity contribution in [1.82, 2.24) is 4.90 Å². The number of benzene rings is 6. The second-order valence-electron chi connectivity index (χ2n) is 15.4. The molecule has 1 saturated heterocycles. The number of fused-ring (bicyclic) bond motifs is 2. The van der Waals surface area contributed by atoms with E-state index in [1.54, 1.807) is 12.1 Å². The van der Waals surface area contributed by atoms with Crippen molar-refractivity contribution < 1.29 is 19.2 Å². The van der Waals surface area contributed by atoms with Gasteiger partial charge in [0, 0.05) is 42.8 Å². The van der Waals surface area contributed by atoms with Crippen LogP contribution in [0, 0.1) is 0 Å². The Kier molecular flexibility index (Phi) is 9.89. The fraction of sp³-hybridized carbons (Fsp3) is 0.188. The van der Waals surface area contributed by atoms with Gasteiger partial charge >= 0.3 is 5.79 Å². The number of rotatable bonds is 7. The van der Waals surface area contributed by atoms with Gasteiger partial charge in [-0.1, -0.05) is 178 Å². The zero-order chi connectivity index (χ0) is 41.1. The summed E-state index contributed by atoms with van der Waals surface area (Å²) in [5.74, 6) is -3.24. The molecule has 0 radical (unpaired) electrons. The number of likely N-dealkylation sites (tertiary alicyclic amines) is 1. The zero-order valence-electron chi connectivity index (χ0n) is 32.1. The number of halogens is 4. The molecule has 0 amide bonds. The molecule has 0 bridgehead atoms. The number of piperidine rings is 1. The number of oxime groups is 3. The molecule has 12 heteroatoms. The third-order valence-corrected chi connectivity index (χ3v) is 13.2. The van der Waals surface area contributed by atoms with E-state index in [-0.39, 0.29) is 25.0 Å². The summed E-state index contributed by atoms with van der Waals surface area (Å²) < 4.78 is 7.45. The van der Waals surface area contributed by atoms with Crippen molar-refractivity contribution in [1.29, 1.82) is 0 Å². The fourth-order valence-corrected chi connectivity index (χ4v) is 10.4. The summed E-state index contributed by atoms with van der Waals surface area (Å²) in [4.78, 5) is 23.7. The van der Waals surface area contributed by atoms with Gasteiger partial charge in [0.05, 0.1) is 36.3 Å². The minimum atomic E-state index is -1.95. The van der Waals surface area contributed by atoms with E-state index in [1.807, 2.05) is 133 Å². The Morgan fingerprint density at radius 2 is 0.967 bits per heavy atom. The van der Waals surface area contributed by atoms with Gasteiger partial charge in [0.2, 0.25) is 11.2 Å². The van der Waals surface area contributed by atoms with E-state index in [4.69, 9.17) is 81.1 Å². The van der Waals surface area contributed by atoms with E-state index in [2.05, 4.69) is 24.0 Å². The zero-order valence-corrected chi connectivity index (χ0v) is 35.1. The van der Waals surface area contributed by atoms with Crippen LogP contribution in [0.4, 0.5) is 0 Å². The molecule has 3 spiro atoms. The number of hydrogen-bond donors (Lipinski definition) is 0. The van der Waals surface area contributed by atoms with Crippen LogP contribution < -0.4 is 0 Å². The molecule has 6 atom stereocenters. The lowest BCUT2D eigenvalue weighted by Crippen LogP contribution is -2.81. The maximum absolute atomic E-state index is 7.45. The van der Waals surface area contributed by atoms with Crippen LogP contribution >= 0.6 is 46.4 Å². The van der Waals surface area contributed by atoms with Crippen LogP contribution in [-0.4, -0.2) is 52.3 Å². The van der Waals surface area contributed by atoms with Crippen molar-refractivity contribution in [2.75, 3.05) is 13.1 Å². The number of hydrogen-bond acceptors (Lipinski definition) is 8. The Morgan fingerprint density at radius 1 is 0.533 bits per heavy atom. The maximum atomic E-state index is 7.45. The van der Waals surface area contributed by atoms with Crippen LogP contribution in [0.25, 0.3) is 0 Å². The molecular weight excluding hydrogens is 838 g/mol. The summed E-state index contributed by atoms with van der Waals surface area (Å²) in [6.07, 6.45) is 0. The third kappa shape index (κ3) is 6.11. The van der Waals surface area contributed by atoms with Crippen LogP contribution in [-0.2, 0) is 19.2 Å². The molecule has 1 fully saturated rings. The van der Waals surface area contributed by atoms with Gasteiger partial charge in [-0.3, -0.25) is 4.90 Å². The van der Waals surface area contributed by atoms with Gasteiger partial charge in [0.25, 0.3) is 5.90 Å². The van der Waals surface area contributed by atoms with E-state index in [0.717, 1.165) is 16.7 Å². The third-order valence-electron chi connectivity index (χ3n) is 12.1. The second kappa shape index (κ2) is 15.3. The molecule has 4 aliphatic heterocycles. The summed E-state index contributed by atoms with van der Waals surface area (Å²) >= 11 is 27.8. The van der Waals surface area contributed by atoms with Crippen LogP contribution in [0.5, 0.6) is 0 Å². The van der Waals surface area contributed by atoms with E-state index in [9.17, 15) is 0 Å². The summed E-state index contributed by atoms with van der Waals surface area (Å²) in [5, 5.41) is 16.5. The lowest BCUT2D eigenvalue weighted by Gasteiger charge is -2.58. The second-order valence-corrected chi connectivity index (χ2v) is 17.1. The van der Waals surface area contributed by atoms with E-state index in [1.165, 1.54) is 0 Å². The first kappa shape index (κ1) is 38.8. The maximum Gasteiger partial charge on any atom is 0.366 e. The Labute approximate surface area is 367 Å². The molecule has 4 aliphatic rings. The molecule has 1 unspecified atom stereocenters. The Hall–Kier alpha value is -5.35. The first-order valence-corrected chi connectivity index (χ1v) is 21.1. The lowest BCUT2D eigenvalue weighted by molar-refractivity contribution is -0.383. The highest BCUT2D eigenvalue weighted by Crippen LogP contribution is 2.64. The normalized spacial score (nSPS) is 26.2. The van der Waals surface area contributed by atoms with Crippen LogP contribution in [0.2, 0.25) is 20.1 Å². The summed E-state index contributed by atoms with van der Waals surface area (Å²) in [5.41, 5.74) is 2.77. The molecule has 6 aromatic rings. The molecule has 0 aromatic heterocycles. The molecule has 0 aliphatic carbocycles. The SMILES string of the molecule is C[C@H](c1ccccc1)N1C[C@@]2(ON=C(c3ccccc3)[C@H]2c2ccc(Cl)cc2Cl)C2(ON=C(c3ccccc3)O2)[C@]2(C1)ON=C(c1ccccc1)[C@H]2c1ccc(Cl)cc1Cl. The van der Waals surface area contributed by atoms with E-state index >= 15 is 0 Å². The van der Waals surface area contributed by atoms with Gasteiger partial charge in [-0.15, -0.1) is 0 Å². The highest BCUT2D eigenvalue weighted by Gasteiger charge is 2.86. The van der Waals surface area contributed by atoms with Crippen LogP contribution in [0.15, 0.2) is 173 Å². The molecular formula is C48H36Cl4N4O4. The molecule has 6 aromatic carbocycles. The summed E-state index contributed by atoms with van der Waals surface area (Å²) in [6.45, 7) is 2.57. The first-order chi connectivity index (χ1) is 29.2. The average Bonchev–Trinajstić information content (AvgIpc) is 4.00. The van der Waals surface area contributed by atoms with Crippen molar-refractivity contribution in [3.05, 3.63) is 211 Å². The minimum absolute atomic E-state index is 0.204. The smallest absolute Gasteiger partial charge is 0.366 e. The van der Waals surface area contributed by atoms with Gasteiger partial charge in [0.15, 0.2) is 0 Å². The monoisotopic (exact) mass is 872 g/mol. The highest BCUT2D eigenvalue weighted by molar-refractivity contribution is 6.36. The Morgan fingerprint density at radius 3 is 1.42 bits per heavy atom. The largest absolute Gasteiger partial charge is 0.423 e. The summed E-state index contributed by atoms with van der Waals surface area (Å²) in [7, 11) is 0. The molecule has 10 rings (SSSR count). The van der Waals surface area contributed by atoms with Gasteiger partial charge in [-0.2, -0.15) is 0 Å². The topological polar surface area (TPSA) is 77.2 Å². The number of ether oxygens (including phenoxy) is 1. The molecule has 60 heavy (non-hydrogen) atoms. The van der Waals surface area contributed by atoms with Crippen molar-refractivity contribution in [3.63, 3.8) is 0 Å². The summed E-state index contributed by atoms with van der Waals surface area (Å²) in [6, 6.07) is 50.3. The predicted molar refractivity (Wildman–Crippen MR) is 236 cm³/mol. The van der Waals surface area contributed by atoms with Crippen molar-refractivity contribution in [2.45, 2.75) is 41.8 Å². The van der Waals surface area contributed by atoms with Crippen molar-refractivity contribution in [2.24, 2.45) is 15.5 Å². The van der Waals surface area contributed by atoms with Crippen molar-refractivity contribution >= 4 is 63.7 Å². The average molecular weight is 875 g/mol. The van der Waals surface area contributed by atoms with Crippen LogP contribution in [0.1, 0.15) is 58.2 Å². The molecule has 8 nitrogen and oxygen atoms in total. The van der Waals surface area contributed by atoms with Crippen molar-refractivity contribution in [3.8, 4) is 0 Å². The molecule has 0 saturated carbocycles.